The van der Waals surface area contributed by atoms with E-state index in [0.29, 0.717) is 23.0 Å². The predicted molar refractivity (Wildman–Crippen MR) is 106 cm³/mol. The molecule has 0 spiro atoms. The first-order valence-electron chi connectivity index (χ1n) is 8.72. The Morgan fingerprint density at radius 1 is 1.15 bits per heavy atom. The van der Waals surface area contributed by atoms with E-state index in [-0.39, 0.29) is 12.5 Å². The molecule has 0 radical (unpaired) electrons. The van der Waals surface area contributed by atoms with Crippen molar-refractivity contribution in [1.82, 2.24) is 5.43 Å². The number of ether oxygens (including phenoxy) is 3. The number of carbonyl (C=O) groups is 1. The summed E-state index contributed by atoms with van der Waals surface area (Å²) in [4.78, 5) is 12.0. The van der Waals surface area contributed by atoms with Crippen molar-refractivity contribution in [1.29, 1.82) is 0 Å². The number of nitrogens with zero attached hydrogens (tertiary/aromatic N) is 1. The molecule has 0 saturated heterocycles. The molecular formula is C21H26N2O4. The lowest BCUT2D eigenvalue weighted by Crippen LogP contribution is -2.25. The quantitative estimate of drug-likeness (QED) is 0.569. The largest absolute Gasteiger partial charge is 0.493 e. The molecule has 27 heavy (non-hydrogen) atoms. The monoisotopic (exact) mass is 370 g/mol. The van der Waals surface area contributed by atoms with Crippen LogP contribution in [0.2, 0.25) is 0 Å². The van der Waals surface area contributed by atoms with Gasteiger partial charge in [-0.1, -0.05) is 32.0 Å². The van der Waals surface area contributed by atoms with Gasteiger partial charge in [-0.25, -0.2) is 5.43 Å². The Morgan fingerprint density at radius 3 is 2.59 bits per heavy atom. The molecule has 0 saturated carbocycles. The Labute approximate surface area is 160 Å². The first kappa shape index (κ1) is 20.3. The van der Waals surface area contributed by atoms with E-state index in [2.05, 4.69) is 24.4 Å². The van der Waals surface area contributed by atoms with Crippen molar-refractivity contribution in [2.24, 2.45) is 5.10 Å². The van der Waals surface area contributed by atoms with Gasteiger partial charge in [0, 0.05) is 5.56 Å². The SMILES string of the molecule is COc1cccc(C=NNC(=O)COc2cc(C)ccc2C(C)C)c1OC. The maximum atomic E-state index is 12.0. The molecule has 0 aliphatic rings. The highest BCUT2D eigenvalue weighted by Gasteiger charge is 2.10. The molecule has 0 fully saturated rings. The minimum atomic E-state index is -0.343. The van der Waals surface area contributed by atoms with Gasteiger partial charge in [-0.3, -0.25) is 4.79 Å². The lowest BCUT2D eigenvalue weighted by molar-refractivity contribution is -0.123. The van der Waals surface area contributed by atoms with Crippen LogP contribution in [0.3, 0.4) is 0 Å². The number of carbonyl (C=O) groups excluding carboxylic acids is 1. The third kappa shape index (κ3) is 5.48. The van der Waals surface area contributed by atoms with Crippen LogP contribution < -0.4 is 19.6 Å². The maximum absolute atomic E-state index is 12.0. The number of benzene rings is 2. The zero-order valence-corrected chi connectivity index (χ0v) is 16.4. The molecule has 6 nitrogen and oxygen atoms in total. The van der Waals surface area contributed by atoms with Gasteiger partial charge in [0.25, 0.3) is 5.91 Å². The van der Waals surface area contributed by atoms with Crippen molar-refractivity contribution in [3.63, 3.8) is 0 Å². The van der Waals surface area contributed by atoms with Crippen molar-refractivity contribution >= 4 is 12.1 Å². The molecule has 1 amide bonds. The second kappa shape index (κ2) is 9.62. The molecule has 0 aliphatic carbocycles. The third-order valence-corrected chi connectivity index (χ3v) is 3.98. The molecule has 0 aliphatic heterocycles. The van der Waals surface area contributed by atoms with Gasteiger partial charge in [0.2, 0.25) is 0 Å². The molecule has 0 heterocycles. The summed E-state index contributed by atoms with van der Waals surface area (Å²) in [5, 5.41) is 3.97. The minimum absolute atomic E-state index is 0.115. The zero-order valence-electron chi connectivity index (χ0n) is 16.4. The van der Waals surface area contributed by atoms with Crippen molar-refractivity contribution in [3.05, 3.63) is 53.1 Å². The van der Waals surface area contributed by atoms with Crippen LogP contribution in [0.15, 0.2) is 41.5 Å². The Bertz CT molecular complexity index is 816. The van der Waals surface area contributed by atoms with E-state index in [1.165, 1.54) is 6.21 Å². The van der Waals surface area contributed by atoms with Gasteiger partial charge in [-0.15, -0.1) is 0 Å². The van der Waals surface area contributed by atoms with Crippen LogP contribution in [-0.2, 0) is 4.79 Å². The second-order valence-electron chi connectivity index (χ2n) is 6.36. The summed E-state index contributed by atoms with van der Waals surface area (Å²) < 4.78 is 16.3. The molecule has 0 atom stereocenters. The van der Waals surface area contributed by atoms with Crippen LogP contribution in [0.4, 0.5) is 0 Å². The number of nitrogens with one attached hydrogen (secondary N) is 1. The molecule has 2 rings (SSSR count). The van der Waals surface area contributed by atoms with Crippen molar-refractivity contribution in [2.45, 2.75) is 26.7 Å². The van der Waals surface area contributed by atoms with E-state index in [0.717, 1.165) is 16.9 Å². The summed E-state index contributed by atoms with van der Waals surface area (Å²) in [6.45, 7) is 6.05. The number of hydrazone groups is 1. The Morgan fingerprint density at radius 2 is 1.93 bits per heavy atom. The Hall–Kier alpha value is -3.02. The van der Waals surface area contributed by atoms with Crippen LogP contribution in [-0.4, -0.2) is 32.9 Å². The third-order valence-electron chi connectivity index (χ3n) is 3.98. The maximum Gasteiger partial charge on any atom is 0.277 e. The second-order valence-corrected chi connectivity index (χ2v) is 6.36. The number of aryl methyl sites for hydroxylation is 1. The summed E-state index contributed by atoms with van der Waals surface area (Å²) in [6.07, 6.45) is 1.51. The number of amides is 1. The topological polar surface area (TPSA) is 69.2 Å². The van der Waals surface area contributed by atoms with E-state index >= 15 is 0 Å². The Balaban J connectivity index is 1.98. The number of hydrogen-bond donors (Lipinski definition) is 1. The van der Waals surface area contributed by atoms with Crippen LogP contribution in [0, 0.1) is 6.92 Å². The lowest BCUT2D eigenvalue weighted by atomic mass is 10.0. The van der Waals surface area contributed by atoms with Gasteiger partial charge in [-0.2, -0.15) is 5.10 Å². The highest BCUT2D eigenvalue weighted by molar-refractivity contribution is 5.86. The molecule has 2 aromatic carbocycles. The number of methoxy groups -OCH3 is 2. The van der Waals surface area contributed by atoms with E-state index < -0.39 is 0 Å². The molecule has 0 bridgehead atoms. The summed E-state index contributed by atoms with van der Waals surface area (Å²) in [7, 11) is 3.12. The molecule has 0 aromatic heterocycles. The van der Waals surface area contributed by atoms with Gasteiger partial charge in [0.1, 0.15) is 5.75 Å². The molecule has 1 N–H and O–H groups in total. The molecular weight excluding hydrogens is 344 g/mol. The fourth-order valence-corrected chi connectivity index (χ4v) is 2.61. The van der Waals surface area contributed by atoms with E-state index in [4.69, 9.17) is 14.2 Å². The standard InChI is InChI=1S/C21H26N2O4/c1-14(2)17-10-9-15(3)11-19(17)27-13-20(24)23-22-12-16-7-6-8-18(25-4)21(16)26-5/h6-12,14H,13H2,1-5H3,(H,23,24). The van der Waals surface area contributed by atoms with Crippen LogP contribution in [0.25, 0.3) is 0 Å². The van der Waals surface area contributed by atoms with Crippen molar-refractivity contribution in [2.75, 3.05) is 20.8 Å². The van der Waals surface area contributed by atoms with Gasteiger partial charge >= 0.3 is 0 Å². The normalized spacial score (nSPS) is 10.9. The average molecular weight is 370 g/mol. The smallest absolute Gasteiger partial charge is 0.277 e. The highest BCUT2D eigenvalue weighted by Crippen LogP contribution is 2.29. The van der Waals surface area contributed by atoms with Crippen molar-refractivity contribution in [3.8, 4) is 17.2 Å². The summed E-state index contributed by atoms with van der Waals surface area (Å²) in [5.41, 5.74) is 5.31. The number of para-hydroxylation sites is 1. The average Bonchev–Trinajstić information content (AvgIpc) is 2.65. The molecule has 2 aromatic rings. The molecule has 0 unspecified atom stereocenters. The molecule has 144 valence electrons. The predicted octanol–water partition coefficient (Wildman–Crippen LogP) is 3.66. The summed E-state index contributed by atoms with van der Waals surface area (Å²) >= 11 is 0. The van der Waals surface area contributed by atoms with Crippen LogP contribution in [0.1, 0.15) is 36.5 Å². The number of rotatable bonds is 8. The fourth-order valence-electron chi connectivity index (χ4n) is 2.61. The van der Waals surface area contributed by atoms with Crippen molar-refractivity contribution < 1.29 is 19.0 Å². The van der Waals surface area contributed by atoms with E-state index in [1.807, 2.05) is 37.3 Å². The zero-order chi connectivity index (χ0) is 19.8. The van der Waals surface area contributed by atoms with E-state index in [1.54, 1.807) is 20.3 Å². The molecule has 6 heteroatoms. The first-order chi connectivity index (χ1) is 13.0. The van der Waals surface area contributed by atoms with Crippen LogP contribution in [0.5, 0.6) is 17.2 Å². The van der Waals surface area contributed by atoms with Crippen LogP contribution >= 0.6 is 0 Å². The van der Waals surface area contributed by atoms with Gasteiger partial charge in [-0.05, 0) is 42.2 Å². The number of hydrogen-bond acceptors (Lipinski definition) is 5. The van der Waals surface area contributed by atoms with Gasteiger partial charge in [0.15, 0.2) is 18.1 Å². The van der Waals surface area contributed by atoms with Gasteiger partial charge < -0.3 is 14.2 Å². The van der Waals surface area contributed by atoms with Gasteiger partial charge in [0.05, 0.1) is 20.4 Å². The summed E-state index contributed by atoms with van der Waals surface area (Å²) in [6, 6.07) is 11.4. The first-order valence-corrected chi connectivity index (χ1v) is 8.72. The summed E-state index contributed by atoms with van der Waals surface area (Å²) in [5.74, 6) is 1.83. The minimum Gasteiger partial charge on any atom is -0.493 e. The highest BCUT2D eigenvalue weighted by atomic mass is 16.5. The van der Waals surface area contributed by atoms with E-state index in [9.17, 15) is 4.79 Å². The Kier molecular flexibility index (Phi) is 7.23. The fraction of sp³-hybridized carbons (Fsp3) is 0.333. The lowest BCUT2D eigenvalue weighted by Gasteiger charge is -2.14.